The maximum absolute atomic E-state index is 14.2. The molecule has 2 heterocycles. The zero-order chi connectivity index (χ0) is 19.2. The molecule has 0 saturated carbocycles. The largest absolute Gasteiger partial charge is 0.399 e. The molecule has 2 amide bonds. The molecule has 4 N–H and O–H groups in total. The highest BCUT2D eigenvalue weighted by atomic mass is 19.1. The predicted molar refractivity (Wildman–Crippen MR) is 95.9 cm³/mol. The molecule has 138 valence electrons. The van der Waals surface area contributed by atoms with Gasteiger partial charge in [0.1, 0.15) is 5.82 Å². The van der Waals surface area contributed by atoms with Crippen molar-refractivity contribution in [1.82, 2.24) is 25.4 Å². The fourth-order valence-corrected chi connectivity index (χ4v) is 2.44. The van der Waals surface area contributed by atoms with E-state index in [1.165, 1.54) is 16.9 Å². The molecular formula is C18H17FN6O2. The van der Waals surface area contributed by atoms with Crippen molar-refractivity contribution in [1.29, 1.82) is 0 Å². The van der Waals surface area contributed by atoms with Gasteiger partial charge in [-0.2, -0.15) is 5.10 Å². The molecular weight excluding hydrogens is 351 g/mol. The average molecular weight is 368 g/mol. The molecule has 0 radical (unpaired) electrons. The van der Waals surface area contributed by atoms with E-state index in [0.717, 1.165) is 0 Å². The minimum Gasteiger partial charge on any atom is -0.399 e. The average Bonchev–Trinajstić information content (AvgIpc) is 3.19. The molecule has 0 fully saturated rings. The minimum absolute atomic E-state index is 0.0511. The zero-order valence-electron chi connectivity index (χ0n) is 14.2. The Labute approximate surface area is 154 Å². The number of benzene rings is 1. The van der Waals surface area contributed by atoms with E-state index in [4.69, 9.17) is 5.73 Å². The van der Waals surface area contributed by atoms with Crippen molar-refractivity contribution >= 4 is 17.5 Å². The fraction of sp³-hybridized carbons (Fsp3) is 0.111. The molecule has 2 aromatic heterocycles. The summed E-state index contributed by atoms with van der Waals surface area (Å²) in [5.74, 6) is -2.24. The lowest BCUT2D eigenvalue weighted by Crippen LogP contribution is -2.39. The number of hydrogen-bond donors (Lipinski definition) is 3. The normalized spacial score (nSPS) is 10.4. The van der Waals surface area contributed by atoms with Crippen LogP contribution in [-0.4, -0.2) is 26.6 Å². The fourth-order valence-electron chi connectivity index (χ4n) is 2.44. The van der Waals surface area contributed by atoms with Crippen molar-refractivity contribution in [2.24, 2.45) is 0 Å². The predicted octanol–water partition coefficient (Wildman–Crippen LogP) is 0.921. The van der Waals surface area contributed by atoms with Gasteiger partial charge in [-0.25, -0.2) is 9.07 Å². The van der Waals surface area contributed by atoms with Gasteiger partial charge in [-0.1, -0.05) is 6.07 Å². The van der Waals surface area contributed by atoms with Crippen molar-refractivity contribution in [3.05, 3.63) is 72.1 Å². The van der Waals surface area contributed by atoms with Crippen LogP contribution in [0.1, 0.15) is 11.3 Å². The number of nitrogens with two attached hydrogens (primary N) is 1. The van der Waals surface area contributed by atoms with Gasteiger partial charge in [0.05, 0.1) is 17.9 Å². The van der Waals surface area contributed by atoms with Gasteiger partial charge in [0, 0.05) is 36.4 Å². The Kier molecular flexibility index (Phi) is 5.41. The highest BCUT2D eigenvalue weighted by molar-refractivity contribution is 6.35. The van der Waals surface area contributed by atoms with Gasteiger partial charge in [-0.3, -0.25) is 14.6 Å². The van der Waals surface area contributed by atoms with Gasteiger partial charge in [-0.15, -0.1) is 0 Å². The molecule has 3 aromatic rings. The van der Waals surface area contributed by atoms with E-state index >= 15 is 0 Å². The summed E-state index contributed by atoms with van der Waals surface area (Å²) in [4.78, 5) is 28.0. The minimum atomic E-state index is -0.881. The topological polar surface area (TPSA) is 115 Å². The second-order valence-electron chi connectivity index (χ2n) is 5.63. The molecule has 27 heavy (non-hydrogen) atoms. The standard InChI is InChI=1S/C18H17FN6O2/c19-15-3-1-4-16(25-8-2-6-24-25)14(15)11-23-18(27)17(26)22-10-13-9-12(20)5-7-21-13/h1-9H,10-11H2,(H2,20,21)(H,22,26)(H,23,27). The monoisotopic (exact) mass is 368 g/mol. The third kappa shape index (κ3) is 4.46. The van der Waals surface area contributed by atoms with E-state index in [0.29, 0.717) is 17.1 Å². The van der Waals surface area contributed by atoms with E-state index in [1.807, 2.05) is 0 Å². The van der Waals surface area contributed by atoms with Crippen molar-refractivity contribution < 1.29 is 14.0 Å². The van der Waals surface area contributed by atoms with Crippen molar-refractivity contribution in [2.75, 3.05) is 5.73 Å². The molecule has 0 bridgehead atoms. The van der Waals surface area contributed by atoms with E-state index in [1.54, 1.807) is 42.7 Å². The number of carbonyl (C=O) groups excluding carboxylic acids is 2. The number of pyridine rings is 1. The first kappa shape index (κ1) is 18.1. The van der Waals surface area contributed by atoms with Crippen molar-refractivity contribution in [3.8, 4) is 5.69 Å². The first-order valence-corrected chi connectivity index (χ1v) is 8.08. The third-order valence-electron chi connectivity index (χ3n) is 3.75. The van der Waals surface area contributed by atoms with Gasteiger partial charge >= 0.3 is 11.8 Å². The van der Waals surface area contributed by atoms with E-state index in [2.05, 4.69) is 20.7 Å². The molecule has 0 unspecified atom stereocenters. The van der Waals surface area contributed by atoms with Crippen LogP contribution in [0.25, 0.3) is 5.69 Å². The summed E-state index contributed by atoms with van der Waals surface area (Å²) < 4.78 is 15.7. The Bertz CT molecular complexity index is 958. The number of hydrogen-bond acceptors (Lipinski definition) is 5. The number of nitrogen functional groups attached to an aromatic ring is 1. The van der Waals surface area contributed by atoms with E-state index < -0.39 is 17.6 Å². The summed E-state index contributed by atoms with van der Waals surface area (Å²) in [7, 11) is 0. The molecule has 0 atom stereocenters. The lowest BCUT2D eigenvalue weighted by Gasteiger charge is -2.12. The Morgan fingerprint density at radius 1 is 1.07 bits per heavy atom. The van der Waals surface area contributed by atoms with Crippen LogP contribution in [0.4, 0.5) is 10.1 Å². The summed E-state index contributed by atoms with van der Waals surface area (Å²) in [5, 5.41) is 8.91. The molecule has 0 saturated heterocycles. The van der Waals surface area contributed by atoms with Crippen LogP contribution in [0, 0.1) is 5.82 Å². The lowest BCUT2D eigenvalue weighted by molar-refractivity contribution is -0.139. The molecule has 1 aromatic carbocycles. The van der Waals surface area contributed by atoms with Crippen molar-refractivity contribution in [2.45, 2.75) is 13.1 Å². The van der Waals surface area contributed by atoms with E-state index in [-0.39, 0.29) is 18.7 Å². The quantitative estimate of drug-likeness (QED) is 0.580. The summed E-state index contributed by atoms with van der Waals surface area (Å²) in [6.07, 6.45) is 4.72. The van der Waals surface area contributed by atoms with Crippen LogP contribution in [0.5, 0.6) is 0 Å². The van der Waals surface area contributed by atoms with Crippen LogP contribution in [-0.2, 0) is 22.7 Å². The second-order valence-corrected chi connectivity index (χ2v) is 5.63. The molecule has 0 aliphatic heterocycles. The smallest absolute Gasteiger partial charge is 0.309 e. The van der Waals surface area contributed by atoms with Crippen LogP contribution >= 0.6 is 0 Å². The number of halogens is 1. The highest BCUT2D eigenvalue weighted by Gasteiger charge is 2.16. The van der Waals surface area contributed by atoms with Gasteiger partial charge < -0.3 is 16.4 Å². The van der Waals surface area contributed by atoms with Gasteiger partial charge in [-0.05, 0) is 30.3 Å². The number of nitrogens with zero attached hydrogens (tertiary/aromatic N) is 3. The molecule has 0 spiro atoms. The maximum atomic E-state index is 14.2. The SMILES string of the molecule is Nc1ccnc(CNC(=O)C(=O)NCc2c(F)cccc2-n2cccn2)c1. The number of aromatic nitrogens is 3. The Morgan fingerprint density at radius 2 is 1.85 bits per heavy atom. The second kappa shape index (κ2) is 8.09. The van der Waals surface area contributed by atoms with Crippen LogP contribution < -0.4 is 16.4 Å². The zero-order valence-corrected chi connectivity index (χ0v) is 14.2. The highest BCUT2D eigenvalue weighted by Crippen LogP contribution is 2.17. The third-order valence-corrected chi connectivity index (χ3v) is 3.75. The lowest BCUT2D eigenvalue weighted by atomic mass is 10.1. The maximum Gasteiger partial charge on any atom is 0.309 e. The number of nitrogens with one attached hydrogen (secondary N) is 2. The summed E-state index contributed by atoms with van der Waals surface area (Å²) in [6, 6.07) is 9.40. The van der Waals surface area contributed by atoms with Crippen LogP contribution in [0.3, 0.4) is 0 Å². The Balaban J connectivity index is 1.61. The van der Waals surface area contributed by atoms with Gasteiger partial charge in [0.25, 0.3) is 0 Å². The molecule has 3 rings (SSSR count). The summed E-state index contributed by atoms with van der Waals surface area (Å²) >= 11 is 0. The van der Waals surface area contributed by atoms with E-state index in [9.17, 15) is 14.0 Å². The molecule has 8 nitrogen and oxygen atoms in total. The van der Waals surface area contributed by atoms with Gasteiger partial charge in [0.2, 0.25) is 0 Å². The van der Waals surface area contributed by atoms with Crippen molar-refractivity contribution in [3.63, 3.8) is 0 Å². The first-order chi connectivity index (χ1) is 13.0. The number of amides is 2. The first-order valence-electron chi connectivity index (χ1n) is 8.08. The number of rotatable bonds is 5. The summed E-state index contributed by atoms with van der Waals surface area (Å²) in [6.45, 7) is -0.111. The van der Waals surface area contributed by atoms with Gasteiger partial charge in [0.15, 0.2) is 0 Å². The number of carbonyl (C=O) groups is 2. The Hall–Kier alpha value is -3.75. The molecule has 0 aliphatic rings. The number of anilines is 1. The molecule has 0 aliphatic carbocycles. The molecule has 9 heteroatoms. The van der Waals surface area contributed by atoms with Crippen LogP contribution in [0.15, 0.2) is 55.0 Å². The Morgan fingerprint density at radius 3 is 2.56 bits per heavy atom. The van der Waals surface area contributed by atoms with Crippen LogP contribution in [0.2, 0.25) is 0 Å². The summed E-state index contributed by atoms with van der Waals surface area (Å²) in [5.41, 5.74) is 7.35.